The minimum absolute atomic E-state index is 0.0701. The topological polar surface area (TPSA) is 60.9 Å². The van der Waals surface area contributed by atoms with Crippen LogP contribution in [-0.4, -0.2) is 45.9 Å². The number of hydrogen-bond donors (Lipinski definition) is 1. The number of halogens is 1. The van der Waals surface area contributed by atoms with Crippen molar-refractivity contribution in [3.05, 3.63) is 70.2 Å². The number of fused-ring (bicyclic) bond motifs is 1. The second-order valence-corrected chi connectivity index (χ2v) is 8.07. The standard InChI is InChI=1S/C22H23ClN2O3/c1-15(25-14-16-4-2-3-5-19(16)21(25)27)20(26)24-12-10-22(28,11-13-24)17-6-8-18(23)9-7-17/h2-9,15,28H,10-14H2,1H3/t15-/m0/s1. The number of carbonyl (C=O) groups is 2. The summed E-state index contributed by atoms with van der Waals surface area (Å²) in [7, 11) is 0. The third kappa shape index (κ3) is 3.29. The third-order valence-corrected chi connectivity index (χ3v) is 6.21. The lowest BCUT2D eigenvalue weighted by Crippen LogP contribution is -2.52. The van der Waals surface area contributed by atoms with Crippen molar-refractivity contribution in [2.24, 2.45) is 0 Å². The number of rotatable bonds is 3. The average Bonchev–Trinajstić information content (AvgIpc) is 3.05. The van der Waals surface area contributed by atoms with Gasteiger partial charge in [-0.1, -0.05) is 41.9 Å². The first-order chi connectivity index (χ1) is 13.4. The summed E-state index contributed by atoms with van der Waals surface area (Å²) in [5.41, 5.74) is 1.51. The number of benzene rings is 2. The molecule has 28 heavy (non-hydrogen) atoms. The minimum atomic E-state index is -0.954. The van der Waals surface area contributed by atoms with Gasteiger partial charge in [-0.05, 0) is 49.1 Å². The maximum Gasteiger partial charge on any atom is 0.255 e. The van der Waals surface area contributed by atoms with Crippen LogP contribution in [0.1, 0.15) is 41.3 Å². The molecular formula is C22H23ClN2O3. The van der Waals surface area contributed by atoms with Crippen LogP contribution in [-0.2, 0) is 16.9 Å². The van der Waals surface area contributed by atoms with E-state index < -0.39 is 11.6 Å². The van der Waals surface area contributed by atoms with E-state index in [1.54, 1.807) is 28.9 Å². The Bertz CT molecular complexity index is 904. The van der Waals surface area contributed by atoms with E-state index in [0.717, 1.165) is 11.1 Å². The molecule has 2 aliphatic heterocycles. The van der Waals surface area contributed by atoms with Gasteiger partial charge in [0.15, 0.2) is 0 Å². The van der Waals surface area contributed by atoms with Crippen molar-refractivity contribution in [2.75, 3.05) is 13.1 Å². The highest BCUT2D eigenvalue weighted by Gasteiger charge is 2.39. The molecule has 146 valence electrons. The van der Waals surface area contributed by atoms with Gasteiger partial charge in [0.2, 0.25) is 5.91 Å². The summed E-state index contributed by atoms with van der Waals surface area (Å²) in [6.45, 7) is 3.16. The Hall–Kier alpha value is -2.37. The molecule has 1 saturated heterocycles. The van der Waals surface area contributed by atoms with Crippen molar-refractivity contribution < 1.29 is 14.7 Å². The van der Waals surface area contributed by atoms with E-state index in [1.165, 1.54) is 0 Å². The predicted octanol–water partition coefficient (Wildman–Crippen LogP) is 3.19. The summed E-state index contributed by atoms with van der Waals surface area (Å²) in [5.74, 6) is -0.162. The second kappa shape index (κ2) is 7.22. The monoisotopic (exact) mass is 398 g/mol. The Labute approximate surface area is 169 Å². The Morgan fingerprint density at radius 2 is 1.75 bits per heavy atom. The fraction of sp³-hybridized carbons (Fsp3) is 0.364. The van der Waals surface area contributed by atoms with E-state index >= 15 is 0 Å². The lowest BCUT2D eigenvalue weighted by atomic mass is 9.84. The first-order valence-corrected chi connectivity index (χ1v) is 9.93. The number of hydrogen-bond acceptors (Lipinski definition) is 3. The zero-order valence-corrected chi connectivity index (χ0v) is 16.5. The maximum absolute atomic E-state index is 13.0. The van der Waals surface area contributed by atoms with Gasteiger partial charge in [0, 0.05) is 30.2 Å². The molecular weight excluding hydrogens is 376 g/mol. The van der Waals surface area contributed by atoms with Crippen LogP contribution in [0.5, 0.6) is 0 Å². The van der Waals surface area contributed by atoms with E-state index in [0.29, 0.717) is 43.1 Å². The van der Waals surface area contributed by atoms with Crippen LogP contribution in [0.3, 0.4) is 0 Å². The summed E-state index contributed by atoms with van der Waals surface area (Å²) in [6.07, 6.45) is 0.919. The average molecular weight is 399 g/mol. The molecule has 1 fully saturated rings. The predicted molar refractivity (Wildman–Crippen MR) is 107 cm³/mol. The fourth-order valence-corrected chi connectivity index (χ4v) is 4.26. The van der Waals surface area contributed by atoms with Crippen molar-refractivity contribution in [3.63, 3.8) is 0 Å². The number of carbonyl (C=O) groups excluding carboxylic acids is 2. The molecule has 0 radical (unpaired) electrons. The highest BCUT2D eigenvalue weighted by molar-refractivity contribution is 6.30. The van der Waals surface area contributed by atoms with Crippen LogP contribution >= 0.6 is 11.6 Å². The summed E-state index contributed by atoms with van der Waals surface area (Å²) in [6, 6.07) is 14.2. The Morgan fingerprint density at radius 3 is 2.39 bits per heavy atom. The number of amides is 2. The van der Waals surface area contributed by atoms with Crippen LogP contribution in [0.4, 0.5) is 0 Å². The van der Waals surface area contributed by atoms with Gasteiger partial charge < -0.3 is 14.9 Å². The van der Waals surface area contributed by atoms with E-state index in [1.807, 2.05) is 36.4 Å². The molecule has 4 rings (SSSR count). The minimum Gasteiger partial charge on any atom is -0.385 e. The van der Waals surface area contributed by atoms with Gasteiger partial charge in [0.1, 0.15) is 6.04 Å². The van der Waals surface area contributed by atoms with Gasteiger partial charge in [-0.15, -0.1) is 0 Å². The van der Waals surface area contributed by atoms with Gasteiger partial charge >= 0.3 is 0 Å². The lowest BCUT2D eigenvalue weighted by molar-refractivity contribution is -0.140. The summed E-state index contributed by atoms with van der Waals surface area (Å²) < 4.78 is 0. The summed E-state index contributed by atoms with van der Waals surface area (Å²) >= 11 is 5.94. The molecule has 2 heterocycles. The van der Waals surface area contributed by atoms with Crippen LogP contribution in [0.15, 0.2) is 48.5 Å². The van der Waals surface area contributed by atoms with Crippen molar-refractivity contribution in [1.82, 2.24) is 9.80 Å². The van der Waals surface area contributed by atoms with Crippen molar-refractivity contribution in [2.45, 2.75) is 38.0 Å². The molecule has 2 amide bonds. The first kappa shape index (κ1) is 19.0. The molecule has 0 spiro atoms. The maximum atomic E-state index is 13.0. The number of nitrogens with zero attached hydrogens (tertiary/aromatic N) is 2. The van der Waals surface area contributed by atoms with Crippen molar-refractivity contribution in [1.29, 1.82) is 0 Å². The van der Waals surface area contributed by atoms with Gasteiger partial charge in [-0.2, -0.15) is 0 Å². The Morgan fingerprint density at radius 1 is 1.11 bits per heavy atom. The number of piperidine rings is 1. The molecule has 0 bridgehead atoms. The van der Waals surface area contributed by atoms with Gasteiger partial charge in [-0.3, -0.25) is 9.59 Å². The largest absolute Gasteiger partial charge is 0.385 e. The number of aliphatic hydroxyl groups is 1. The normalized spacial score (nSPS) is 19.5. The van der Waals surface area contributed by atoms with Gasteiger partial charge in [0.05, 0.1) is 5.60 Å². The van der Waals surface area contributed by atoms with Gasteiger partial charge in [-0.25, -0.2) is 0 Å². The third-order valence-electron chi connectivity index (χ3n) is 5.96. The highest BCUT2D eigenvalue weighted by atomic mass is 35.5. The first-order valence-electron chi connectivity index (χ1n) is 9.55. The molecule has 0 aliphatic carbocycles. The van der Waals surface area contributed by atoms with Crippen LogP contribution in [0, 0.1) is 0 Å². The Balaban J connectivity index is 1.42. The molecule has 2 aromatic rings. The molecule has 6 heteroatoms. The highest BCUT2D eigenvalue weighted by Crippen LogP contribution is 2.34. The molecule has 0 unspecified atom stereocenters. The Kier molecular flexibility index (Phi) is 4.89. The molecule has 1 atom stereocenters. The van der Waals surface area contributed by atoms with E-state index in [4.69, 9.17) is 11.6 Å². The van der Waals surface area contributed by atoms with Crippen LogP contribution in [0.25, 0.3) is 0 Å². The molecule has 1 N–H and O–H groups in total. The smallest absolute Gasteiger partial charge is 0.255 e. The fourth-order valence-electron chi connectivity index (χ4n) is 4.13. The zero-order valence-electron chi connectivity index (χ0n) is 15.8. The molecule has 0 aromatic heterocycles. The van der Waals surface area contributed by atoms with E-state index in [9.17, 15) is 14.7 Å². The molecule has 0 saturated carbocycles. The van der Waals surface area contributed by atoms with E-state index in [-0.39, 0.29) is 11.8 Å². The SMILES string of the molecule is C[C@@H](C(=O)N1CCC(O)(c2ccc(Cl)cc2)CC1)N1Cc2ccccc2C1=O. The van der Waals surface area contributed by atoms with Crippen LogP contribution < -0.4 is 0 Å². The van der Waals surface area contributed by atoms with Crippen LogP contribution in [0.2, 0.25) is 5.02 Å². The molecule has 2 aliphatic rings. The molecule has 5 nitrogen and oxygen atoms in total. The van der Waals surface area contributed by atoms with Crippen molar-refractivity contribution in [3.8, 4) is 0 Å². The number of likely N-dealkylation sites (tertiary alicyclic amines) is 1. The second-order valence-electron chi connectivity index (χ2n) is 7.63. The lowest BCUT2D eigenvalue weighted by Gasteiger charge is -2.40. The van der Waals surface area contributed by atoms with Gasteiger partial charge in [0.25, 0.3) is 5.91 Å². The summed E-state index contributed by atoms with van der Waals surface area (Å²) in [4.78, 5) is 29.0. The van der Waals surface area contributed by atoms with E-state index in [2.05, 4.69) is 0 Å². The zero-order chi connectivity index (χ0) is 19.9. The quantitative estimate of drug-likeness (QED) is 0.863. The van der Waals surface area contributed by atoms with Crippen molar-refractivity contribution >= 4 is 23.4 Å². The summed E-state index contributed by atoms with van der Waals surface area (Å²) in [5, 5.41) is 11.6. The molecule has 2 aromatic carbocycles.